The fourth-order valence-corrected chi connectivity index (χ4v) is 3.34. The van der Waals surface area contributed by atoms with Gasteiger partial charge in [-0.15, -0.1) is 0 Å². The van der Waals surface area contributed by atoms with Crippen LogP contribution in [0.5, 0.6) is 0 Å². The van der Waals surface area contributed by atoms with Gasteiger partial charge >= 0.3 is 6.09 Å². The summed E-state index contributed by atoms with van der Waals surface area (Å²) in [5.74, 6) is 0. The van der Waals surface area contributed by atoms with E-state index < -0.39 is 16.1 Å². The second kappa shape index (κ2) is 7.43. The van der Waals surface area contributed by atoms with Crippen LogP contribution in [0.3, 0.4) is 0 Å². The van der Waals surface area contributed by atoms with Gasteiger partial charge in [-0.05, 0) is 31.2 Å². The van der Waals surface area contributed by atoms with E-state index in [9.17, 15) is 13.2 Å². The zero-order valence-electron chi connectivity index (χ0n) is 12.2. The quantitative estimate of drug-likeness (QED) is 0.775. The maximum Gasteiger partial charge on any atom is 0.425 e. The Kier molecular flexibility index (Phi) is 5.58. The molecule has 0 saturated carbocycles. The maximum atomic E-state index is 12.4. The van der Waals surface area contributed by atoms with Crippen molar-refractivity contribution in [3.05, 3.63) is 24.3 Å². The monoisotopic (exact) mass is 329 g/mol. The molecule has 0 atom stereocenters. The SMILES string of the molecule is CCOC(=O)NNc1ccc(S(=O)(=O)N2CCOCC2)cc1. The molecular weight excluding hydrogens is 310 g/mol. The number of benzene rings is 1. The highest BCUT2D eigenvalue weighted by Crippen LogP contribution is 2.19. The molecule has 1 aromatic rings. The zero-order valence-corrected chi connectivity index (χ0v) is 13.1. The van der Waals surface area contributed by atoms with Crippen molar-refractivity contribution >= 4 is 21.8 Å². The molecule has 1 saturated heterocycles. The number of sulfonamides is 1. The van der Waals surface area contributed by atoms with E-state index >= 15 is 0 Å². The molecule has 0 unspecified atom stereocenters. The summed E-state index contributed by atoms with van der Waals surface area (Å²) in [7, 11) is -3.51. The number of amides is 1. The molecule has 1 fully saturated rings. The molecule has 9 heteroatoms. The first-order chi connectivity index (χ1) is 10.5. The van der Waals surface area contributed by atoms with Crippen LogP contribution in [-0.2, 0) is 19.5 Å². The lowest BCUT2D eigenvalue weighted by atomic mass is 10.3. The van der Waals surface area contributed by atoms with Gasteiger partial charge in [0.1, 0.15) is 0 Å². The Morgan fingerprint density at radius 3 is 2.50 bits per heavy atom. The van der Waals surface area contributed by atoms with Crippen LogP contribution in [0.25, 0.3) is 0 Å². The summed E-state index contributed by atoms with van der Waals surface area (Å²) in [4.78, 5) is 11.3. The number of carbonyl (C=O) groups is 1. The Hall–Kier alpha value is -1.84. The lowest BCUT2D eigenvalue weighted by Gasteiger charge is -2.26. The lowest BCUT2D eigenvalue weighted by Crippen LogP contribution is -2.40. The second-order valence-corrected chi connectivity index (χ2v) is 6.45. The number of ether oxygens (including phenoxy) is 2. The fourth-order valence-electron chi connectivity index (χ4n) is 1.94. The molecule has 122 valence electrons. The Morgan fingerprint density at radius 2 is 1.91 bits per heavy atom. The van der Waals surface area contributed by atoms with Crippen LogP contribution in [0, 0.1) is 0 Å². The van der Waals surface area contributed by atoms with Gasteiger partial charge in [-0.25, -0.2) is 18.6 Å². The van der Waals surface area contributed by atoms with E-state index in [0.717, 1.165) is 0 Å². The first-order valence-electron chi connectivity index (χ1n) is 6.91. The van der Waals surface area contributed by atoms with Crippen LogP contribution in [0.15, 0.2) is 29.2 Å². The summed E-state index contributed by atoms with van der Waals surface area (Å²) in [6.45, 7) is 3.49. The number of hydrogen-bond acceptors (Lipinski definition) is 6. The van der Waals surface area contributed by atoms with Gasteiger partial charge in [-0.1, -0.05) is 0 Å². The molecule has 2 N–H and O–H groups in total. The molecule has 0 aromatic heterocycles. The number of carbonyl (C=O) groups excluding carboxylic acids is 1. The molecular formula is C13H19N3O5S. The highest BCUT2D eigenvalue weighted by molar-refractivity contribution is 7.89. The summed E-state index contributed by atoms with van der Waals surface area (Å²) >= 11 is 0. The highest BCUT2D eigenvalue weighted by atomic mass is 32.2. The first kappa shape index (κ1) is 16.5. The van der Waals surface area contributed by atoms with E-state index in [1.54, 1.807) is 19.1 Å². The lowest BCUT2D eigenvalue weighted by molar-refractivity contribution is 0.0730. The predicted octanol–water partition coefficient (Wildman–Crippen LogP) is 0.780. The minimum absolute atomic E-state index is 0.205. The highest BCUT2D eigenvalue weighted by Gasteiger charge is 2.26. The van der Waals surface area contributed by atoms with Crippen molar-refractivity contribution in [2.24, 2.45) is 0 Å². The summed E-state index contributed by atoms with van der Waals surface area (Å²) in [6.07, 6.45) is -0.604. The zero-order chi connectivity index (χ0) is 16.0. The van der Waals surface area contributed by atoms with E-state index in [-0.39, 0.29) is 11.5 Å². The third-order valence-corrected chi connectivity index (χ3v) is 4.96. The smallest absolute Gasteiger partial charge is 0.425 e. The van der Waals surface area contributed by atoms with E-state index in [1.807, 2.05) is 0 Å². The molecule has 2 rings (SSSR count). The van der Waals surface area contributed by atoms with Gasteiger partial charge in [0, 0.05) is 13.1 Å². The number of hydrogen-bond donors (Lipinski definition) is 2. The van der Waals surface area contributed by atoms with Crippen molar-refractivity contribution in [2.45, 2.75) is 11.8 Å². The fraction of sp³-hybridized carbons (Fsp3) is 0.462. The second-order valence-electron chi connectivity index (χ2n) is 4.51. The van der Waals surface area contributed by atoms with Gasteiger partial charge in [0.25, 0.3) is 0 Å². The van der Waals surface area contributed by atoms with Crippen LogP contribution >= 0.6 is 0 Å². The molecule has 0 aliphatic carbocycles. The molecule has 0 radical (unpaired) electrons. The van der Waals surface area contributed by atoms with Gasteiger partial charge in [-0.3, -0.25) is 5.43 Å². The van der Waals surface area contributed by atoms with Crippen LogP contribution in [0.2, 0.25) is 0 Å². The van der Waals surface area contributed by atoms with Gasteiger partial charge in [0.15, 0.2) is 0 Å². The average Bonchev–Trinajstić information content (AvgIpc) is 2.54. The summed E-state index contributed by atoms with van der Waals surface area (Å²) in [5.41, 5.74) is 5.52. The van der Waals surface area contributed by atoms with Crippen molar-refractivity contribution in [2.75, 3.05) is 38.3 Å². The van der Waals surface area contributed by atoms with Gasteiger partial charge < -0.3 is 9.47 Å². The molecule has 0 spiro atoms. The van der Waals surface area contributed by atoms with E-state index in [0.29, 0.717) is 32.0 Å². The van der Waals surface area contributed by atoms with Crippen molar-refractivity contribution in [1.82, 2.24) is 9.73 Å². The molecule has 1 aliphatic heterocycles. The van der Waals surface area contributed by atoms with E-state index in [1.165, 1.54) is 16.4 Å². The molecule has 0 bridgehead atoms. The Balaban J connectivity index is 2.00. The number of rotatable bonds is 5. The summed E-state index contributed by atoms with van der Waals surface area (Å²) in [6, 6.07) is 6.11. The van der Waals surface area contributed by atoms with Crippen molar-refractivity contribution < 1.29 is 22.7 Å². The van der Waals surface area contributed by atoms with Gasteiger partial charge in [0.05, 0.1) is 30.4 Å². The standard InChI is InChI=1S/C13H19N3O5S/c1-2-21-13(17)15-14-11-3-5-12(6-4-11)22(18,19)16-7-9-20-10-8-16/h3-6,14H,2,7-10H2,1H3,(H,15,17). The number of nitrogens with zero attached hydrogens (tertiary/aromatic N) is 1. The molecule has 1 amide bonds. The van der Waals surface area contributed by atoms with Crippen molar-refractivity contribution in [3.8, 4) is 0 Å². The van der Waals surface area contributed by atoms with E-state index in [2.05, 4.69) is 10.9 Å². The summed E-state index contributed by atoms with van der Waals surface area (Å²) in [5, 5.41) is 0. The van der Waals surface area contributed by atoms with Crippen molar-refractivity contribution in [1.29, 1.82) is 0 Å². The normalized spacial score (nSPS) is 16.0. The number of morpholine rings is 1. The minimum Gasteiger partial charge on any atom is -0.449 e. The maximum absolute atomic E-state index is 12.4. The molecule has 8 nitrogen and oxygen atoms in total. The summed E-state index contributed by atoms with van der Waals surface area (Å²) < 4.78 is 36.1. The van der Waals surface area contributed by atoms with Gasteiger partial charge in [0.2, 0.25) is 10.0 Å². The predicted molar refractivity (Wildman–Crippen MR) is 79.8 cm³/mol. The van der Waals surface area contributed by atoms with E-state index in [4.69, 9.17) is 9.47 Å². The first-order valence-corrected chi connectivity index (χ1v) is 8.35. The van der Waals surface area contributed by atoms with Crippen molar-refractivity contribution in [3.63, 3.8) is 0 Å². The minimum atomic E-state index is -3.51. The average molecular weight is 329 g/mol. The number of anilines is 1. The van der Waals surface area contributed by atoms with Crippen LogP contribution in [0.1, 0.15) is 6.92 Å². The Labute approximate surface area is 129 Å². The molecule has 1 aromatic carbocycles. The third-order valence-electron chi connectivity index (χ3n) is 3.05. The molecule has 1 heterocycles. The molecule has 22 heavy (non-hydrogen) atoms. The van der Waals surface area contributed by atoms with Gasteiger partial charge in [-0.2, -0.15) is 4.31 Å². The Bertz CT molecular complexity index is 597. The topological polar surface area (TPSA) is 97.0 Å². The number of nitrogens with one attached hydrogen (secondary N) is 2. The Morgan fingerprint density at radius 1 is 1.27 bits per heavy atom. The largest absolute Gasteiger partial charge is 0.449 e. The molecule has 1 aliphatic rings. The van der Waals surface area contributed by atoms with Crippen LogP contribution in [0.4, 0.5) is 10.5 Å². The van der Waals surface area contributed by atoms with Crippen LogP contribution < -0.4 is 10.9 Å². The number of hydrazine groups is 1. The third kappa shape index (κ3) is 4.09. The van der Waals surface area contributed by atoms with Crippen LogP contribution in [-0.4, -0.2) is 51.7 Å².